The minimum atomic E-state index is -1.19. The van der Waals surface area contributed by atoms with Gasteiger partial charge in [-0.1, -0.05) is 19.0 Å². The van der Waals surface area contributed by atoms with Gasteiger partial charge < -0.3 is 30.3 Å². The smallest absolute Gasteiger partial charge is 0.322 e. The molecular formula is C16H24N4O7. The SMILES string of the molecule is COc1cc(CC(=O)NCC(=O)NC(CC(C)C)C(=O)NCC(=O)O)no1. The first kappa shape index (κ1) is 21.9. The van der Waals surface area contributed by atoms with E-state index in [0.717, 1.165) is 0 Å². The molecule has 0 fully saturated rings. The van der Waals surface area contributed by atoms with Crippen molar-refractivity contribution >= 4 is 23.7 Å². The number of carboxylic acids is 1. The van der Waals surface area contributed by atoms with E-state index in [0.29, 0.717) is 12.1 Å². The number of ether oxygens (including phenoxy) is 1. The molecule has 1 unspecified atom stereocenters. The third-order valence-corrected chi connectivity index (χ3v) is 3.30. The number of hydrogen-bond acceptors (Lipinski definition) is 7. The zero-order valence-electron chi connectivity index (χ0n) is 15.4. The molecule has 27 heavy (non-hydrogen) atoms. The zero-order chi connectivity index (χ0) is 20.4. The second-order valence-corrected chi connectivity index (χ2v) is 6.16. The number of nitrogens with one attached hydrogen (secondary N) is 3. The first-order valence-corrected chi connectivity index (χ1v) is 8.26. The monoisotopic (exact) mass is 384 g/mol. The van der Waals surface area contributed by atoms with E-state index >= 15 is 0 Å². The molecule has 11 nitrogen and oxygen atoms in total. The van der Waals surface area contributed by atoms with Crippen molar-refractivity contribution in [3.05, 3.63) is 11.8 Å². The number of carbonyl (C=O) groups excluding carboxylic acids is 3. The summed E-state index contributed by atoms with van der Waals surface area (Å²) in [7, 11) is 1.40. The summed E-state index contributed by atoms with van der Waals surface area (Å²) in [5, 5.41) is 19.4. The van der Waals surface area contributed by atoms with Crippen LogP contribution in [0, 0.1) is 5.92 Å². The molecule has 0 aliphatic carbocycles. The summed E-state index contributed by atoms with van der Waals surface area (Å²) in [6.07, 6.45) is 0.221. The molecule has 11 heteroatoms. The van der Waals surface area contributed by atoms with Gasteiger partial charge in [0.1, 0.15) is 12.6 Å². The van der Waals surface area contributed by atoms with E-state index in [1.165, 1.54) is 13.2 Å². The summed E-state index contributed by atoms with van der Waals surface area (Å²) < 4.78 is 9.59. The largest absolute Gasteiger partial charge is 0.480 e. The van der Waals surface area contributed by atoms with Crippen molar-refractivity contribution in [2.24, 2.45) is 5.92 Å². The average Bonchev–Trinajstić information content (AvgIpc) is 3.04. The van der Waals surface area contributed by atoms with Crippen LogP contribution in [0.25, 0.3) is 0 Å². The maximum atomic E-state index is 12.0. The van der Waals surface area contributed by atoms with Crippen molar-refractivity contribution in [3.63, 3.8) is 0 Å². The maximum absolute atomic E-state index is 12.0. The molecule has 0 radical (unpaired) electrons. The van der Waals surface area contributed by atoms with Crippen LogP contribution in [0.4, 0.5) is 0 Å². The average molecular weight is 384 g/mol. The first-order chi connectivity index (χ1) is 12.7. The zero-order valence-corrected chi connectivity index (χ0v) is 15.4. The third kappa shape index (κ3) is 8.70. The van der Waals surface area contributed by atoms with Crippen molar-refractivity contribution in [1.82, 2.24) is 21.1 Å². The van der Waals surface area contributed by atoms with E-state index in [-0.39, 0.29) is 24.8 Å². The molecule has 3 amide bonds. The topological polar surface area (TPSA) is 160 Å². The minimum absolute atomic E-state index is 0.0858. The third-order valence-electron chi connectivity index (χ3n) is 3.30. The highest BCUT2D eigenvalue weighted by molar-refractivity contribution is 5.91. The predicted octanol–water partition coefficient (Wildman–Crippen LogP) is -0.926. The van der Waals surface area contributed by atoms with Crippen LogP contribution in [-0.2, 0) is 25.6 Å². The number of carboxylic acid groups (broad SMARTS) is 1. The second-order valence-electron chi connectivity index (χ2n) is 6.16. The number of nitrogens with zero attached hydrogens (tertiary/aromatic N) is 1. The van der Waals surface area contributed by atoms with Gasteiger partial charge in [-0.05, 0) is 12.3 Å². The van der Waals surface area contributed by atoms with Crippen LogP contribution < -0.4 is 20.7 Å². The van der Waals surface area contributed by atoms with Gasteiger partial charge in [-0.15, -0.1) is 0 Å². The molecule has 0 aromatic carbocycles. The summed E-state index contributed by atoms with van der Waals surface area (Å²) in [6.45, 7) is 2.84. The van der Waals surface area contributed by atoms with Gasteiger partial charge >= 0.3 is 11.9 Å². The summed E-state index contributed by atoms with van der Waals surface area (Å²) in [5.74, 6) is -2.56. The number of rotatable bonds is 11. The molecule has 4 N–H and O–H groups in total. The fourth-order valence-electron chi connectivity index (χ4n) is 2.11. The quantitative estimate of drug-likeness (QED) is 0.381. The molecular weight excluding hydrogens is 360 g/mol. The Labute approximate surface area is 155 Å². The second kappa shape index (κ2) is 10.8. The van der Waals surface area contributed by atoms with E-state index in [2.05, 4.69) is 21.1 Å². The Kier molecular flexibility index (Phi) is 8.76. The molecule has 1 rings (SSSR count). The van der Waals surface area contributed by atoms with Crippen LogP contribution in [0.1, 0.15) is 26.0 Å². The Morgan fingerprint density at radius 2 is 1.89 bits per heavy atom. The van der Waals surface area contributed by atoms with Crippen LogP contribution in [0.2, 0.25) is 0 Å². The fourth-order valence-corrected chi connectivity index (χ4v) is 2.11. The normalized spacial score (nSPS) is 11.6. The van der Waals surface area contributed by atoms with Gasteiger partial charge in [0.25, 0.3) is 0 Å². The Balaban J connectivity index is 2.48. The number of carbonyl (C=O) groups is 4. The number of aromatic nitrogens is 1. The minimum Gasteiger partial charge on any atom is -0.480 e. The van der Waals surface area contributed by atoms with Crippen LogP contribution >= 0.6 is 0 Å². The lowest BCUT2D eigenvalue weighted by atomic mass is 10.0. The van der Waals surface area contributed by atoms with Gasteiger partial charge in [0.15, 0.2) is 0 Å². The molecule has 0 aliphatic rings. The van der Waals surface area contributed by atoms with Gasteiger partial charge in [0.2, 0.25) is 17.7 Å². The highest BCUT2D eigenvalue weighted by atomic mass is 16.6. The van der Waals surface area contributed by atoms with E-state index in [9.17, 15) is 19.2 Å². The van der Waals surface area contributed by atoms with E-state index in [4.69, 9.17) is 14.4 Å². The summed E-state index contributed by atoms with van der Waals surface area (Å²) in [4.78, 5) is 46.4. The lowest BCUT2D eigenvalue weighted by Gasteiger charge is -2.19. The maximum Gasteiger partial charge on any atom is 0.322 e. The Morgan fingerprint density at radius 1 is 1.19 bits per heavy atom. The molecule has 0 aliphatic heterocycles. The van der Waals surface area contributed by atoms with Gasteiger partial charge in [-0.25, -0.2) is 0 Å². The molecule has 1 heterocycles. The molecule has 0 spiro atoms. The van der Waals surface area contributed by atoms with Crippen LogP contribution in [0.5, 0.6) is 5.95 Å². The first-order valence-electron chi connectivity index (χ1n) is 8.26. The number of hydrogen-bond donors (Lipinski definition) is 4. The molecule has 1 atom stereocenters. The number of amides is 3. The predicted molar refractivity (Wildman–Crippen MR) is 91.8 cm³/mol. The highest BCUT2D eigenvalue weighted by Gasteiger charge is 2.22. The van der Waals surface area contributed by atoms with Gasteiger partial charge in [-0.2, -0.15) is 0 Å². The fraction of sp³-hybridized carbons (Fsp3) is 0.562. The Hall–Kier alpha value is -3.11. The number of aliphatic carboxylic acids is 1. The van der Waals surface area contributed by atoms with Crippen molar-refractivity contribution in [3.8, 4) is 5.95 Å². The van der Waals surface area contributed by atoms with Crippen molar-refractivity contribution < 1.29 is 33.5 Å². The molecule has 0 bridgehead atoms. The van der Waals surface area contributed by atoms with E-state index < -0.39 is 36.3 Å². The Morgan fingerprint density at radius 3 is 2.44 bits per heavy atom. The standard InChI is InChI=1S/C16H24N4O7/c1-9(2)4-11(16(25)18-8-14(23)24)19-13(22)7-17-12(21)5-10-6-15(26-3)27-20-10/h6,9,11H,4-5,7-8H2,1-3H3,(H,17,21)(H,18,25)(H,19,22)(H,23,24). The molecule has 0 saturated carbocycles. The molecule has 0 saturated heterocycles. The van der Waals surface area contributed by atoms with Gasteiger partial charge in [0.05, 0.1) is 25.8 Å². The summed E-state index contributed by atoms with van der Waals surface area (Å²) >= 11 is 0. The van der Waals surface area contributed by atoms with Crippen molar-refractivity contribution in [1.29, 1.82) is 0 Å². The van der Waals surface area contributed by atoms with Gasteiger partial charge in [0, 0.05) is 6.07 Å². The molecule has 1 aromatic heterocycles. The lowest BCUT2D eigenvalue weighted by Crippen LogP contribution is -2.50. The van der Waals surface area contributed by atoms with Gasteiger partial charge in [-0.3, -0.25) is 19.2 Å². The molecule has 150 valence electrons. The summed E-state index contributed by atoms with van der Waals surface area (Å²) in [6, 6.07) is 0.555. The Bertz CT molecular complexity index is 671. The van der Waals surface area contributed by atoms with Crippen molar-refractivity contribution in [2.75, 3.05) is 20.2 Å². The van der Waals surface area contributed by atoms with E-state index in [1.54, 1.807) is 0 Å². The lowest BCUT2D eigenvalue weighted by molar-refractivity contribution is -0.138. The van der Waals surface area contributed by atoms with E-state index in [1.807, 2.05) is 13.8 Å². The molecule has 1 aromatic rings. The van der Waals surface area contributed by atoms with Crippen LogP contribution in [-0.4, -0.2) is 60.2 Å². The summed E-state index contributed by atoms with van der Waals surface area (Å²) in [5.41, 5.74) is 0.343. The van der Waals surface area contributed by atoms with Crippen LogP contribution in [0.3, 0.4) is 0 Å². The van der Waals surface area contributed by atoms with Crippen LogP contribution in [0.15, 0.2) is 10.6 Å². The number of methoxy groups -OCH3 is 1. The van der Waals surface area contributed by atoms with Crippen molar-refractivity contribution in [2.45, 2.75) is 32.7 Å². The highest BCUT2D eigenvalue weighted by Crippen LogP contribution is 2.11.